The molecule has 0 fully saturated rings. The molecule has 0 unspecified atom stereocenters. The molecule has 1 aromatic carbocycles. The minimum Gasteiger partial charge on any atom is -0.492 e. The fourth-order valence-electron chi connectivity index (χ4n) is 2.89. The van der Waals surface area contributed by atoms with Crippen LogP contribution in [-0.2, 0) is 4.74 Å². The summed E-state index contributed by atoms with van der Waals surface area (Å²) in [5.74, 6) is -0.743. The lowest BCUT2D eigenvalue weighted by Gasteiger charge is -2.17. The average molecular weight is 406 g/mol. The van der Waals surface area contributed by atoms with Gasteiger partial charge in [0.1, 0.15) is 11.5 Å². The van der Waals surface area contributed by atoms with E-state index in [4.69, 9.17) is 9.84 Å². The highest BCUT2D eigenvalue weighted by molar-refractivity contribution is 6.07. The molecule has 6 heteroatoms. The van der Waals surface area contributed by atoms with Crippen molar-refractivity contribution in [3.63, 3.8) is 0 Å². The molecule has 0 aliphatic carbocycles. The number of allylic oxidation sites excluding steroid dienone is 1. The molecule has 1 aliphatic heterocycles. The maximum absolute atomic E-state index is 12.9. The van der Waals surface area contributed by atoms with Gasteiger partial charge < -0.3 is 15.2 Å². The molecule has 0 bridgehead atoms. The van der Waals surface area contributed by atoms with Crippen molar-refractivity contribution in [2.45, 2.75) is 26.7 Å². The van der Waals surface area contributed by atoms with Gasteiger partial charge in [-0.3, -0.25) is 4.79 Å². The van der Waals surface area contributed by atoms with Gasteiger partial charge >= 0.3 is 5.97 Å². The predicted molar refractivity (Wildman–Crippen MR) is 120 cm³/mol. The van der Waals surface area contributed by atoms with Crippen molar-refractivity contribution in [3.8, 4) is 0 Å². The molecule has 30 heavy (non-hydrogen) atoms. The maximum Gasteiger partial charge on any atom is 0.335 e. The normalized spacial score (nSPS) is 12.4. The molecule has 0 radical (unpaired) electrons. The van der Waals surface area contributed by atoms with Crippen molar-refractivity contribution in [2.24, 2.45) is 0 Å². The van der Waals surface area contributed by atoms with E-state index in [0.717, 1.165) is 12.8 Å². The molecule has 1 aromatic heterocycles. The SMILES string of the molecule is C=Cc1nc(C2=CCCCO2)cc(C(=O)Nc2ccc(C(=O)O)cc2)c1C=C.CC. The van der Waals surface area contributed by atoms with E-state index in [0.29, 0.717) is 40.6 Å². The van der Waals surface area contributed by atoms with Crippen molar-refractivity contribution >= 4 is 35.5 Å². The lowest BCUT2D eigenvalue weighted by atomic mass is 10.0. The molecule has 3 rings (SSSR count). The summed E-state index contributed by atoms with van der Waals surface area (Å²) in [6.07, 6.45) is 6.93. The number of carbonyl (C=O) groups excluding carboxylic acids is 1. The number of carbonyl (C=O) groups is 2. The number of carboxylic acid groups (broad SMARTS) is 1. The second-order valence-corrected chi connectivity index (χ2v) is 6.16. The molecule has 0 saturated heterocycles. The van der Waals surface area contributed by atoms with Crippen LogP contribution in [0.15, 0.2) is 49.6 Å². The van der Waals surface area contributed by atoms with Crippen LogP contribution in [0.25, 0.3) is 17.9 Å². The van der Waals surface area contributed by atoms with Gasteiger partial charge in [-0.25, -0.2) is 9.78 Å². The van der Waals surface area contributed by atoms with Crippen LogP contribution >= 0.6 is 0 Å². The van der Waals surface area contributed by atoms with Gasteiger partial charge in [0, 0.05) is 11.3 Å². The van der Waals surface area contributed by atoms with Crippen LogP contribution < -0.4 is 5.32 Å². The summed E-state index contributed by atoms with van der Waals surface area (Å²) in [5.41, 5.74) is 2.67. The Morgan fingerprint density at radius 3 is 2.40 bits per heavy atom. The zero-order chi connectivity index (χ0) is 22.1. The van der Waals surface area contributed by atoms with E-state index in [2.05, 4.69) is 23.5 Å². The third kappa shape index (κ3) is 5.23. The summed E-state index contributed by atoms with van der Waals surface area (Å²) < 4.78 is 5.68. The number of aromatic carboxylic acids is 1. The first kappa shape index (κ1) is 22.6. The van der Waals surface area contributed by atoms with Gasteiger partial charge in [-0.05, 0) is 55.3 Å². The first-order valence-corrected chi connectivity index (χ1v) is 9.81. The number of nitrogens with zero attached hydrogens (tertiary/aromatic N) is 1. The fourth-order valence-corrected chi connectivity index (χ4v) is 2.89. The number of hydrogen-bond acceptors (Lipinski definition) is 4. The van der Waals surface area contributed by atoms with Gasteiger partial charge in [-0.15, -0.1) is 0 Å². The fraction of sp³-hybridized carbons (Fsp3) is 0.208. The topological polar surface area (TPSA) is 88.5 Å². The first-order chi connectivity index (χ1) is 14.5. The number of carboxylic acids is 1. The van der Waals surface area contributed by atoms with Crippen LogP contribution in [0.3, 0.4) is 0 Å². The molecule has 1 amide bonds. The summed E-state index contributed by atoms with van der Waals surface area (Å²) in [6.45, 7) is 12.2. The number of hydrogen-bond donors (Lipinski definition) is 2. The average Bonchev–Trinajstić information content (AvgIpc) is 2.80. The number of anilines is 1. The molecular formula is C24H26N2O4. The molecule has 156 valence electrons. The van der Waals surface area contributed by atoms with Crippen molar-refractivity contribution in [1.82, 2.24) is 4.98 Å². The Morgan fingerprint density at radius 1 is 1.17 bits per heavy atom. The molecule has 2 N–H and O–H groups in total. The number of aromatic nitrogens is 1. The quantitative estimate of drug-likeness (QED) is 0.662. The summed E-state index contributed by atoms with van der Waals surface area (Å²) in [6, 6.07) is 7.61. The lowest BCUT2D eigenvalue weighted by Crippen LogP contribution is -2.16. The largest absolute Gasteiger partial charge is 0.492 e. The van der Waals surface area contributed by atoms with Crippen LogP contribution in [0.2, 0.25) is 0 Å². The molecule has 0 spiro atoms. The number of pyridine rings is 1. The number of rotatable bonds is 6. The predicted octanol–water partition coefficient (Wildman–Crippen LogP) is 5.50. The molecular weight excluding hydrogens is 380 g/mol. The number of nitrogens with one attached hydrogen (secondary N) is 1. The van der Waals surface area contributed by atoms with E-state index in [-0.39, 0.29) is 11.5 Å². The van der Waals surface area contributed by atoms with Crippen LogP contribution in [0.1, 0.15) is 64.4 Å². The molecule has 2 heterocycles. The molecule has 2 aromatic rings. The zero-order valence-electron chi connectivity index (χ0n) is 17.3. The Hall–Kier alpha value is -3.67. The highest BCUT2D eigenvalue weighted by Crippen LogP contribution is 2.26. The summed E-state index contributed by atoms with van der Waals surface area (Å²) in [4.78, 5) is 28.4. The van der Waals surface area contributed by atoms with E-state index in [9.17, 15) is 9.59 Å². The summed E-state index contributed by atoms with van der Waals surface area (Å²) >= 11 is 0. The third-order valence-corrected chi connectivity index (χ3v) is 4.31. The van der Waals surface area contributed by atoms with E-state index >= 15 is 0 Å². The minimum atomic E-state index is -1.03. The smallest absolute Gasteiger partial charge is 0.335 e. The summed E-state index contributed by atoms with van der Waals surface area (Å²) in [5, 5.41) is 11.8. The second-order valence-electron chi connectivity index (χ2n) is 6.16. The van der Waals surface area contributed by atoms with Crippen LogP contribution in [0.4, 0.5) is 5.69 Å². The van der Waals surface area contributed by atoms with E-state index in [1.54, 1.807) is 18.2 Å². The van der Waals surface area contributed by atoms with Crippen molar-refractivity contribution in [2.75, 3.05) is 11.9 Å². The van der Waals surface area contributed by atoms with E-state index < -0.39 is 5.97 Å². The zero-order valence-corrected chi connectivity index (χ0v) is 17.3. The second kappa shape index (κ2) is 10.8. The molecule has 0 atom stereocenters. The maximum atomic E-state index is 12.9. The van der Waals surface area contributed by atoms with Gasteiger partial charge in [0.2, 0.25) is 0 Å². The Morgan fingerprint density at radius 2 is 1.87 bits per heavy atom. The monoisotopic (exact) mass is 406 g/mol. The number of benzene rings is 1. The van der Waals surface area contributed by atoms with Gasteiger partial charge in [0.05, 0.1) is 23.4 Å². The number of amides is 1. The lowest BCUT2D eigenvalue weighted by molar-refractivity contribution is 0.0696. The minimum absolute atomic E-state index is 0.145. The Balaban J connectivity index is 0.00000155. The molecule has 6 nitrogen and oxygen atoms in total. The van der Waals surface area contributed by atoms with Gasteiger partial charge in [-0.2, -0.15) is 0 Å². The Kier molecular flexibility index (Phi) is 8.11. The highest BCUT2D eigenvalue weighted by atomic mass is 16.5. The van der Waals surface area contributed by atoms with Crippen molar-refractivity contribution in [3.05, 3.63) is 77.6 Å². The first-order valence-electron chi connectivity index (χ1n) is 9.81. The van der Waals surface area contributed by atoms with Crippen LogP contribution in [0, 0.1) is 0 Å². The molecule has 0 saturated carbocycles. The molecule has 1 aliphatic rings. The summed E-state index contributed by atoms with van der Waals surface area (Å²) in [7, 11) is 0. The van der Waals surface area contributed by atoms with Gasteiger partial charge in [0.25, 0.3) is 5.91 Å². The standard InChI is InChI=1S/C22H20N2O4.C2H6/c1-3-16-17(21(25)23-15-10-8-14(9-11-15)22(26)27)13-19(24-18(16)4-2)20-7-5-6-12-28-20;1-2/h3-4,7-11,13H,1-2,5-6,12H2,(H,23,25)(H,26,27);1-2H3. The van der Waals surface area contributed by atoms with Gasteiger partial charge in [-0.1, -0.05) is 33.1 Å². The Bertz CT molecular complexity index is 975. The van der Waals surface area contributed by atoms with Crippen molar-refractivity contribution < 1.29 is 19.4 Å². The number of ether oxygens (including phenoxy) is 1. The van der Waals surface area contributed by atoms with Crippen molar-refractivity contribution in [1.29, 1.82) is 0 Å². The Labute approximate surface area is 176 Å². The van der Waals surface area contributed by atoms with Gasteiger partial charge in [0.15, 0.2) is 0 Å². The van der Waals surface area contributed by atoms with Crippen LogP contribution in [-0.4, -0.2) is 28.6 Å². The van der Waals surface area contributed by atoms with E-state index in [1.165, 1.54) is 24.3 Å². The van der Waals surface area contributed by atoms with Crippen LogP contribution in [0.5, 0.6) is 0 Å². The highest BCUT2D eigenvalue weighted by Gasteiger charge is 2.19. The van der Waals surface area contributed by atoms with E-state index in [1.807, 2.05) is 19.9 Å². The third-order valence-electron chi connectivity index (χ3n) is 4.31.